The fourth-order valence-corrected chi connectivity index (χ4v) is 8.71. The number of rotatable bonds is 4. The predicted molar refractivity (Wildman–Crippen MR) is 211 cm³/mol. The minimum Gasteiger partial charge on any atom is -0.456 e. The van der Waals surface area contributed by atoms with Gasteiger partial charge in [0.2, 0.25) is 0 Å². The first-order valence-electron chi connectivity index (χ1n) is 17.0. The summed E-state index contributed by atoms with van der Waals surface area (Å²) in [7, 11) is 0. The van der Waals surface area contributed by atoms with Gasteiger partial charge in [0.1, 0.15) is 22.3 Å². The van der Waals surface area contributed by atoms with E-state index in [1.54, 1.807) is 0 Å². The second-order valence-electron chi connectivity index (χ2n) is 12.9. The topological polar surface area (TPSA) is 52.1 Å². The molecule has 0 aliphatic carbocycles. The van der Waals surface area contributed by atoms with Crippen LogP contribution in [0.1, 0.15) is 0 Å². The van der Waals surface area contributed by atoms with Gasteiger partial charge in [-0.15, -0.1) is 11.3 Å². The lowest BCUT2D eigenvalue weighted by Crippen LogP contribution is -1.98. The Morgan fingerprint density at radius 2 is 1.04 bits per heavy atom. The molecule has 0 radical (unpaired) electrons. The minimum absolute atomic E-state index is 0.638. The van der Waals surface area contributed by atoms with Crippen molar-refractivity contribution >= 4 is 75.4 Å². The number of aromatic nitrogens is 2. The summed E-state index contributed by atoms with van der Waals surface area (Å²) in [6, 6.07) is 54.8. The standard InChI is InChI=1S/C46H26N2O2S/c1-2-11-27(12-3-1)35-26-36(31-16-10-19-39-43(31)32-14-4-7-17-37(32)49-39)48-46(47-35)45-29(22-23-40-44(45)33-15-5-8-18-38(33)50-40)28-21-24-42-34(25-28)30-13-6-9-20-41(30)51-42/h1-26H. The Hall–Kier alpha value is -6.56. The van der Waals surface area contributed by atoms with Crippen LogP contribution in [0.25, 0.3) is 109 Å². The molecule has 11 aromatic rings. The molecule has 0 saturated heterocycles. The molecule has 4 aromatic heterocycles. The van der Waals surface area contributed by atoms with E-state index in [2.05, 4.69) is 115 Å². The summed E-state index contributed by atoms with van der Waals surface area (Å²) in [6.45, 7) is 0. The molecule has 238 valence electrons. The lowest BCUT2D eigenvalue weighted by atomic mass is 9.93. The molecule has 0 atom stereocenters. The Morgan fingerprint density at radius 1 is 0.392 bits per heavy atom. The highest BCUT2D eigenvalue weighted by Crippen LogP contribution is 2.45. The molecule has 0 saturated carbocycles. The first kappa shape index (κ1) is 28.3. The first-order valence-corrected chi connectivity index (χ1v) is 17.8. The summed E-state index contributed by atoms with van der Waals surface area (Å²) in [5.41, 5.74) is 10.1. The molecule has 7 aromatic carbocycles. The third kappa shape index (κ3) is 4.38. The monoisotopic (exact) mass is 670 g/mol. The largest absolute Gasteiger partial charge is 0.456 e. The predicted octanol–water partition coefficient (Wildman–Crippen LogP) is 13.3. The molecular weight excluding hydrogens is 645 g/mol. The Balaban J connectivity index is 1.25. The van der Waals surface area contributed by atoms with Crippen LogP contribution >= 0.6 is 11.3 Å². The lowest BCUT2D eigenvalue weighted by Gasteiger charge is -2.14. The number of nitrogens with zero attached hydrogens (tertiary/aromatic N) is 2. The number of fused-ring (bicyclic) bond motifs is 9. The fraction of sp³-hybridized carbons (Fsp3) is 0. The molecule has 0 bridgehead atoms. The normalized spacial score (nSPS) is 11.9. The molecule has 0 amide bonds. The van der Waals surface area contributed by atoms with Crippen molar-refractivity contribution < 1.29 is 8.83 Å². The molecule has 0 N–H and O–H groups in total. The molecule has 0 spiro atoms. The van der Waals surface area contributed by atoms with Crippen LogP contribution in [0.5, 0.6) is 0 Å². The Bertz CT molecular complexity index is 3150. The van der Waals surface area contributed by atoms with Gasteiger partial charge in [0, 0.05) is 58.4 Å². The lowest BCUT2D eigenvalue weighted by molar-refractivity contribution is 0.668. The molecule has 0 unspecified atom stereocenters. The van der Waals surface area contributed by atoms with E-state index in [-0.39, 0.29) is 0 Å². The number of hydrogen-bond acceptors (Lipinski definition) is 5. The van der Waals surface area contributed by atoms with Gasteiger partial charge in [-0.3, -0.25) is 0 Å². The zero-order valence-electron chi connectivity index (χ0n) is 27.1. The van der Waals surface area contributed by atoms with Gasteiger partial charge in [-0.1, -0.05) is 103 Å². The van der Waals surface area contributed by atoms with E-state index in [9.17, 15) is 0 Å². The summed E-state index contributed by atoms with van der Waals surface area (Å²) in [5.74, 6) is 0.638. The molecule has 11 rings (SSSR count). The van der Waals surface area contributed by atoms with Gasteiger partial charge in [-0.2, -0.15) is 0 Å². The van der Waals surface area contributed by atoms with Crippen molar-refractivity contribution in [3.63, 3.8) is 0 Å². The van der Waals surface area contributed by atoms with E-state index in [4.69, 9.17) is 18.8 Å². The zero-order chi connectivity index (χ0) is 33.5. The van der Waals surface area contributed by atoms with Crippen LogP contribution in [0.15, 0.2) is 167 Å². The average Bonchev–Trinajstić information content (AvgIpc) is 3.88. The number of furan rings is 2. The van der Waals surface area contributed by atoms with E-state index in [1.807, 2.05) is 53.8 Å². The Kier molecular flexibility index (Phi) is 6.09. The summed E-state index contributed by atoms with van der Waals surface area (Å²) in [5, 5.41) is 6.64. The maximum absolute atomic E-state index is 6.48. The van der Waals surface area contributed by atoms with E-state index >= 15 is 0 Å². The second-order valence-corrected chi connectivity index (χ2v) is 14.0. The fourth-order valence-electron chi connectivity index (χ4n) is 7.62. The van der Waals surface area contributed by atoms with Crippen molar-refractivity contribution in [3.05, 3.63) is 158 Å². The van der Waals surface area contributed by atoms with Crippen LogP contribution in [-0.2, 0) is 0 Å². The molecule has 4 nitrogen and oxygen atoms in total. The molecule has 51 heavy (non-hydrogen) atoms. The summed E-state index contributed by atoms with van der Waals surface area (Å²) in [6.07, 6.45) is 0. The maximum Gasteiger partial charge on any atom is 0.161 e. The van der Waals surface area contributed by atoms with Crippen molar-refractivity contribution in [2.75, 3.05) is 0 Å². The smallest absolute Gasteiger partial charge is 0.161 e. The van der Waals surface area contributed by atoms with Gasteiger partial charge >= 0.3 is 0 Å². The SMILES string of the molecule is c1ccc(-c2cc(-c3cccc4oc5ccccc5c34)nc(-c3c(-c4ccc5sc6ccccc6c5c4)ccc4oc5ccccc5c34)n2)cc1. The van der Waals surface area contributed by atoms with E-state index in [1.165, 1.54) is 20.2 Å². The average molecular weight is 671 g/mol. The van der Waals surface area contributed by atoms with Gasteiger partial charge in [-0.05, 0) is 65.7 Å². The van der Waals surface area contributed by atoms with Crippen LogP contribution in [-0.4, -0.2) is 9.97 Å². The first-order chi connectivity index (χ1) is 25.3. The number of hydrogen-bond donors (Lipinski definition) is 0. The van der Waals surface area contributed by atoms with Crippen LogP contribution in [0.2, 0.25) is 0 Å². The van der Waals surface area contributed by atoms with Gasteiger partial charge in [0.05, 0.1) is 11.4 Å². The zero-order valence-corrected chi connectivity index (χ0v) is 27.9. The molecule has 0 aliphatic rings. The van der Waals surface area contributed by atoms with Gasteiger partial charge in [-0.25, -0.2) is 9.97 Å². The van der Waals surface area contributed by atoms with Crippen molar-refractivity contribution in [3.8, 4) is 45.0 Å². The minimum atomic E-state index is 0.638. The molecular formula is C46H26N2O2S. The highest BCUT2D eigenvalue weighted by atomic mass is 32.1. The van der Waals surface area contributed by atoms with Crippen LogP contribution in [0.4, 0.5) is 0 Å². The molecule has 4 heterocycles. The van der Waals surface area contributed by atoms with Crippen LogP contribution < -0.4 is 0 Å². The number of para-hydroxylation sites is 2. The van der Waals surface area contributed by atoms with Gasteiger partial charge in [0.25, 0.3) is 0 Å². The van der Waals surface area contributed by atoms with Crippen molar-refractivity contribution in [1.82, 2.24) is 9.97 Å². The highest BCUT2D eigenvalue weighted by molar-refractivity contribution is 7.25. The molecule has 0 aliphatic heterocycles. The van der Waals surface area contributed by atoms with Gasteiger partial charge < -0.3 is 8.83 Å². The molecule has 0 fully saturated rings. The highest BCUT2D eigenvalue weighted by Gasteiger charge is 2.23. The van der Waals surface area contributed by atoms with Crippen molar-refractivity contribution in [2.45, 2.75) is 0 Å². The summed E-state index contributed by atoms with van der Waals surface area (Å²) < 4.78 is 15.3. The summed E-state index contributed by atoms with van der Waals surface area (Å²) >= 11 is 1.83. The van der Waals surface area contributed by atoms with E-state index < -0.39 is 0 Å². The van der Waals surface area contributed by atoms with E-state index in [0.717, 1.165) is 83.1 Å². The Morgan fingerprint density at radius 3 is 1.86 bits per heavy atom. The maximum atomic E-state index is 6.48. The van der Waals surface area contributed by atoms with Crippen molar-refractivity contribution in [1.29, 1.82) is 0 Å². The van der Waals surface area contributed by atoms with Crippen LogP contribution in [0, 0.1) is 0 Å². The van der Waals surface area contributed by atoms with Gasteiger partial charge in [0.15, 0.2) is 5.82 Å². The molecule has 5 heteroatoms. The van der Waals surface area contributed by atoms with E-state index in [0.29, 0.717) is 5.82 Å². The number of thiophene rings is 1. The van der Waals surface area contributed by atoms with Crippen LogP contribution in [0.3, 0.4) is 0 Å². The summed E-state index contributed by atoms with van der Waals surface area (Å²) in [4.78, 5) is 10.8. The Labute approximate surface area is 295 Å². The quantitative estimate of drug-likeness (QED) is 0.187. The second kappa shape index (κ2) is 11.0. The third-order valence-corrected chi connectivity index (χ3v) is 11.1. The van der Waals surface area contributed by atoms with Crippen molar-refractivity contribution in [2.24, 2.45) is 0 Å². The number of benzene rings is 7. The third-order valence-electron chi connectivity index (χ3n) is 9.93.